The largest absolute Gasteiger partial charge is 0.507 e. The lowest BCUT2D eigenvalue weighted by atomic mass is 9.74. The van der Waals surface area contributed by atoms with Gasteiger partial charge in [-0.2, -0.15) is 11.8 Å². The average molecular weight is 868 g/mol. The zero-order valence-corrected chi connectivity index (χ0v) is 38.3. The fourth-order valence-electron chi connectivity index (χ4n) is 10.2. The second-order valence-electron chi connectivity index (χ2n) is 17.4. The summed E-state index contributed by atoms with van der Waals surface area (Å²) in [6.07, 6.45) is 0.268. The minimum atomic E-state index is -1.06. The molecule has 3 heterocycles. The number of ether oxygens (including phenoxy) is 4. The molecule has 1 fully saturated rings. The molecule has 0 radical (unpaired) electrons. The van der Waals surface area contributed by atoms with Crippen molar-refractivity contribution in [3.8, 4) is 39.9 Å². The standard InChI is InChI=1S/C47H55N3O9S.C2H6/c1-24-17-26-18-27-20-50-35(39(49(27)6)37(26)41(52)43(24)56-7)19-32-38(42(53)44(57-8)25(2)40(32)51)36(50)21-58-45(54)34(48-46(55)59-47(3,4)5)23-60-22-33-30-15-11-9-13-28(30)29-14-10-12-16-31(29)33;1-2/h9-17,27,33-36,39,51-53H,18-23H2,1-8H3,(H,48,55);1-2H3. The van der Waals surface area contributed by atoms with Gasteiger partial charge in [-0.05, 0) is 87.9 Å². The first-order valence-corrected chi connectivity index (χ1v) is 22.7. The van der Waals surface area contributed by atoms with E-state index in [1.54, 1.807) is 46.6 Å². The van der Waals surface area contributed by atoms with Crippen LogP contribution in [0.15, 0.2) is 54.6 Å². The molecule has 0 saturated carbocycles. The van der Waals surface area contributed by atoms with Gasteiger partial charge in [0.2, 0.25) is 0 Å². The van der Waals surface area contributed by atoms with Crippen molar-refractivity contribution >= 4 is 23.8 Å². The summed E-state index contributed by atoms with van der Waals surface area (Å²) >= 11 is 1.55. The number of phenols is 3. The number of aryl methyl sites for hydroxylation is 1. The van der Waals surface area contributed by atoms with Crippen molar-refractivity contribution in [2.24, 2.45) is 0 Å². The highest BCUT2D eigenvalue weighted by Gasteiger charge is 2.52. The number of methoxy groups -OCH3 is 2. The number of fused-ring (bicyclic) bond motifs is 10. The summed E-state index contributed by atoms with van der Waals surface area (Å²) < 4.78 is 23.1. The molecule has 13 heteroatoms. The molecule has 1 aliphatic carbocycles. The predicted molar refractivity (Wildman–Crippen MR) is 242 cm³/mol. The number of thioether (sulfide) groups is 1. The summed E-state index contributed by atoms with van der Waals surface area (Å²) in [4.78, 5) is 32.1. The molecule has 3 aliphatic heterocycles. The minimum Gasteiger partial charge on any atom is -0.507 e. The zero-order chi connectivity index (χ0) is 44.8. The van der Waals surface area contributed by atoms with Crippen LogP contribution in [0.1, 0.15) is 97.1 Å². The molecular formula is C49H61N3O9S. The van der Waals surface area contributed by atoms with E-state index < -0.39 is 29.7 Å². The summed E-state index contributed by atoms with van der Waals surface area (Å²) in [6.45, 7) is 13.3. The molecule has 12 nitrogen and oxygen atoms in total. The molecule has 5 atom stereocenters. The number of hydrogen-bond acceptors (Lipinski definition) is 12. The number of nitrogens with one attached hydrogen (secondary N) is 1. The molecule has 5 unspecified atom stereocenters. The Labute approximate surface area is 369 Å². The van der Waals surface area contributed by atoms with Crippen LogP contribution < -0.4 is 14.8 Å². The fraction of sp³-hybridized carbons (Fsp3) is 0.469. The Morgan fingerprint density at radius 3 is 2.11 bits per heavy atom. The van der Waals surface area contributed by atoms with E-state index in [-0.39, 0.29) is 59.4 Å². The van der Waals surface area contributed by atoms with E-state index in [9.17, 15) is 24.9 Å². The summed E-state index contributed by atoms with van der Waals surface area (Å²) in [5.41, 5.74) is 8.09. The molecule has 0 aromatic heterocycles. The molecule has 4 aromatic rings. The van der Waals surface area contributed by atoms with E-state index in [1.165, 1.54) is 29.4 Å². The second-order valence-corrected chi connectivity index (χ2v) is 18.5. The number of esters is 1. The highest BCUT2D eigenvalue weighted by molar-refractivity contribution is 7.99. The molecule has 1 amide bonds. The van der Waals surface area contributed by atoms with Gasteiger partial charge in [0.1, 0.15) is 24.0 Å². The number of likely N-dealkylation sites (N-methyl/N-ethyl adjacent to an activating group) is 1. The van der Waals surface area contributed by atoms with Crippen LogP contribution in [-0.2, 0) is 27.1 Å². The number of alkyl carbamates (subject to hydrolysis) is 1. The molecular weight excluding hydrogens is 807 g/mol. The predicted octanol–water partition coefficient (Wildman–Crippen LogP) is 8.33. The topological polar surface area (TPSA) is 150 Å². The van der Waals surface area contributed by atoms with Gasteiger partial charge in [-0.15, -0.1) is 0 Å². The van der Waals surface area contributed by atoms with Crippen molar-refractivity contribution in [1.82, 2.24) is 15.1 Å². The van der Waals surface area contributed by atoms with Crippen molar-refractivity contribution in [3.63, 3.8) is 0 Å². The van der Waals surface area contributed by atoms with Gasteiger partial charge in [0.05, 0.1) is 26.3 Å². The summed E-state index contributed by atoms with van der Waals surface area (Å²) in [6, 6.07) is 16.5. The number of aromatic hydroxyl groups is 3. The third-order valence-corrected chi connectivity index (χ3v) is 13.9. The van der Waals surface area contributed by atoms with Crippen molar-refractivity contribution in [2.75, 3.05) is 45.9 Å². The van der Waals surface area contributed by atoms with Crippen LogP contribution in [0.2, 0.25) is 0 Å². The van der Waals surface area contributed by atoms with Crippen LogP contribution >= 0.6 is 11.8 Å². The fourth-order valence-corrected chi connectivity index (χ4v) is 11.3. The lowest BCUT2D eigenvalue weighted by Gasteiger charge is -2.57. The first kappa shape index (κ1) is 44.9. The van der Waals surface area contributed by atoms with Gasteiger partial charge in [-0.25, -0.2) is 9.59 Å². The normalized spacial score (nSPS) is 20.5. The Kier molecular flexibility index (Phi) is 13.0. The summed E-state index contributed by atoms with van der Waals surface area (Å²) in [5.74, 6) is 0.881. The van der Waals surface area contributed by atoms with E-state index in [4.69, 9.17) is 18.9 Å². The van der Waals surface area contributed by atoms with E-state index >= 15 is 0 Å². The Bertz CT molecular complexity index is 2300. The Hall–Kier alpha value is -5.11. The highest BCUT2D eigenvalue weighted by atomic mass is 32.2. The van der Waals surface area contributed by atoms with Gasteiger partial charge >= 0.3 is 12.1 Å². The van der Waals surface area contributed by atoms with E-state index in [1.807, 2.05) is 45.0 Å². The van der Waals surface area contributed by atoms with Crippen molar-refractivity contribution in [1.29, 1.82) is 0 Å². The first-order chi connectivity index (χ1) is 29.6. The van der Waals surface area contributed by atoms with Gasteiger partial charge in [0.25, 0.3) is 0 Å². The SMILES string of the molecule is CC.COc1c(C)cc2c(c1O)C1C3Cc4c(O)c(C)c(OC)c(O)c4C(COC(=O)C(CSCC4c5ccccc5-c5ccccc54)NC(=O)OC(C)(C)C)N3CC(C2)N1C. The van der Waals surface area contributed by atoms with Gasteiger partial charge in [0, 0.05) is 58.3 Å². The Balaban J connectivity index is 0.00000285. The number of carbonyl (C=O) groups is 2. The van der Waals surface area contributed by atoms with Crippen LogP contribution in [-0.4, -0.2) is 107 Å². The van der Waals surface area contributed by atoms with Gasteiger partial charge in [-0.3, -0.25) is 9.80 Å². The van der Waals surface area contributed by atoms with Crippen molar-refractivity contribution < 1.29 is 43.9 Å². The maximum Gasteiger partial charge on any atom is 0.408 e. The molecule has 0 spiro atoms. The Morgan fingerprint density at radius 1 is 0.887 bits per heavy atom. The maximum atomic E-state index is 14.4. The van der Waals surface area contributed by atoms with Crippen LogP contribution in [0.25, 0.3) is 11.1 Å². The number of benzene rings is 4. The molecule has 2 bridgehead atoms. The van der Waals surface area contributed by atoms with Crippen LogP contribution in [0.4, 0.5) is 4.79 Å². The van der Waals surface area contributed by atoms with E-state index in [0.717, 1.165) is 16.7 Å². The van der Waals surface area contributed by atoms with Crippen LogP contribution in [0, 0.1) is 13.8 Å². The van der Waals surface area contributed by atoms with Gasteiger partial charge < -0.3 is 39.6 Å². The van der Waals surface area contributed by atoms with Crippen LogP contribution in [0.3, 0.4) is 0 Å². The first-order valence-electron chi connectivity index (χ1n) is 21.5. The Morgan fingerprint density at radius 2 is 1.50 bits per heavy atom. The molecule has 4 aliphatic rings. The average Bonchev–Trinajstić information content (AvgIpc) is 3.55. The molecule has 62 heavy (non-hydrogen) atoms. The number of piperazine rings is 1. The quantitative estimate of drug-likeness (QED) is 0.0897. The van der Waals surface area contributed by atoms with E-state index in [0.29, 0.717) is 47.6 Å². The smallest absolute Gasteiger partial charge is 0.408 e. The monoisotopic (exact) mass is 867 g/mol. The number of amides is 1. The molecule has 4 N–H and O–H groups in total. The minimum absolute atomic E-state index is 0.00178. The lowest BCUT2D eigenvalue weighted by molar-refractivity contribution is -0.149. The zero-order valence-electron chi connectivity index (χ0n) is 37.5. The van der Waals surface area contributed by atoms with Gasteiger partial charge in [0.15, 0.2) is 23.0 Å². The van der Waals surface area contributed by atoms with Crippen LogP contribution in [0.5, 0.6) is 28.7 Å². The summed E-state index contributed by atoms with van der Waals surface area (Å²) in [5, 5.41) is 38.1. The molecule has 332 valence electrons. The number of rotatable bonds is 10. The third kappa shape index (κ3) is 8.03. The highest BCUT2D eigenvalue weighted by Crippen LogP contribution is 2.56. The number of nitrogens with zero attached hydrogens (tertiary/aromatic N) is 2. The second kappa shape index (κ2) is 17.9. The maximum absolute atomic E-state index is 14.4. The van der Waals surface area contributed by atoms with Crippen molar-refractivity contribution in [3.05, 3.63) is 99.1 Å². The lowest BCUT2D eigenvalue weighted by Crippen LogP contribution is -2.64. The number of phenolic OH excluding ortho intramolecular Hbond substituents is 3. The van der Waals surface area contributed by atoms with Crippen molar-refractivity contribution in [2.45, 2.75) is 103 Å². The molecule has 1 saturated heterocycles. The third-order valence-electron chi connectivity index (χ3n) is 12.8. The van der Waals surface area contributed by atoms with Gasteiger partial charge in [-0.1, -0.05) is 68.4 Å². The number of carbonyl (C=O) groups excluding carboxylic acids is 2. The molecule has 4 aromatic carbocycles. The summed E-state index contributed by atoms with van der Waals surface area (Å²) in [7, 11) is 5.04. The molecule has 8 rings (SSSR count). The van der Waals surface area contributed by atoms with E-state index in [2.05, 4.69) is 52.5 Å². The number of hydrogen-bond donors (Lipinski definition) is 4.